The van der Waals surface area contributed by atoms with Gasteiger partial charge < -0.3 is 24.1 Å². The minimum Gasteiger partial charge on any atom is -0.489 e. The van der Waals surface area contributed by atoms with E-state index in [4.69, 9.17) is 9.47 Å². The van der Waals surface area contributed by atoms with E-state index in [1.807, 2.05) is 49.7 Å². The molecule has 8 nitrogen and oxygen atoms in total. The van der Waals surface area contributed by atoms with Crippen molar-refractivity contribution in [3.8, 4) is 5.75 Å². The van der Waals surface area contributed by atoms with E-state index in [-0.39, 0.29) is 18.1 Å². The summed E-state index contributed by atoms with van der Waals surface area (Å²) in [6.07, 6.45) is 5.86. The number of fused-ring (bicyclic) bond motifs is 1. The van der Waals surface area contributed by atoms with E-state index < -0.39 is 5.60 Å². The molecule has 1 N–H and O–H groups in total. The van der Waals surface area contributed by atoms with Gasteiger partial charge in [0.2, 0.25) is 0 Å². The Morgan fingerprint density at radius 1 is 1.16 bits per heavy atom. The van der Waals surface area contributed by atoms with Crippen molar-refractivity contribution in [1.29, 1.82) is 0 Å². The lowest BCUT2D eigenvalue weighted by molar-refractivity contribution is 0.0275. The molecular weight excluding hydrogens is 408 g/mol. The first-order valence-corrected chi connectivity index (χ1v) is 10.7. The average molecular weight is 437 g/mol. The minimum absolute atomic E-state index is 0.0974. The highest BCUT2D eigenvalue weighted by Crippen LogP contribution is 2.21. The van der Waals surface area contributed by atoms with Crippen molar-refractivity contribution < 1.29 is 19.1 Å². The van der Waals surface area contributed by atoms with Crippen LogP contribution in [0.3, 0.4) is 0 Å². The van der Waals surface area contributed by atoms with Gasteiger partial charge in [0, 0.05) is 43.7 Å². The number of carbonyl (C=O) groups excluding carboxylic acids is 2. The Balaban J connectivity index is 1.27. The molecule has 1 saturated heterocycles. The third kappa shape index (κ3) is 5.38. The number of aromatic nitrogens is 2. The minimum atomic E-state index is -0.515. The Hall–Kier alpha value is -3.55. The summed E-state index contributed by atoms with van der Waals surface area (Å²) in [6, 6.07) is 10.9. The standard InChI is InChI=1S/C24H28N4O4/c1-24(2,3)32-23(30)28-12-9-20(16-28)31-19-6-4-18(5-7-19)22(29)26-15-17-8-11-27-13-10-25-21(27)14-17/h4-8,10-11,13-14,20H,9,12,15-16H2,1-3H3,(H,26,29)/t20-/m0/s1. The number of imidazole rings is 1. The third-order valence-corrected chi connectivity index (χ3v) is 5.13. The first kappa shape index (κ1) is 21.7. The van der Waals surface area contributed by atoms with Gasteiger partial charge in [-0.25, -0.2) is 9.78 Å². The zero-order valence-electron chi connectivity index (χ0n) is 18.6. The lowest BCUT2D eigenvalue weighted by Gasteiger charge is -2.24. The Morgan fingerprint density at radius 3 is 2.69 bits per heavy atom. The number of rotatable bonds is 5. The van der Waals surface area contributed by atoms with Gasteiger partial charge in [0.1, 0.15) is 23.1 Å². The van der Waals surface area contributed by atoms with Crippen molar-refractivity contribution in [1.82, 2.24) is 19.6 Å². The summed E-state index contributed by atoms with van der Waals surface area (Å²) in [6.45, 7) is 7.06. The van der Waals surface area contributed by atoms with Gasteiger partial charge in [-0.3, -0.25) is 4.79 Å². The first-order valence-electron chi connectivity index (χ1n) is 10.7. The SMILES string of the molecule is CC(C)(C)OC(=O)N1CC[C@H](Oc2ccc(C(=O)NCc3ccn4ccnc4c3)cc2)C1. The van der Waals surface area contributed by atoms with Crippen LogP contribution in [0.1, 0.15) is 43.1 Å². The summed E-state index contributed by atoms with van der Waals surface area (Å²) in [4.78, 5) is 30.6. The largest absolute Gasteiger partial charge is 0.489 e. The van der Waals surface area contributed by atoms with Crippen LogP contribution in [0.25, 0.3) is 5.65 Å². The Labute approximate surface area is 187 Å². The van der Waals surface area contributed by atoms with Crippen LogP contribution in [0, 0.1) is 0 Å². The van der Waals surface area contributed by atoms with E-state index >= 15 is 0 Å². The van der Waals surface area contributed by atoms with E-state index in [1.54, 1.807) is 35.4 Å². The molecule has 0 bridgehead atoms. The molecule has 0 aliphatic carbocycles. The second kappa shape index (κ2) is 8.90. The zero-order chi connectivity index (χ0) is 22.7. The van der Waals surface area contributed by atoms with E-state index in [0.717, 1.165) is 17.6 Å². The highest BCUT2D eigenvalue weighted by molar-refractivity contribution is 5.94. The third-order valence-electron chi connectivity index (χ3n) is 5.13. The van der Waals surface area contributed by atoms with Gasteiger partial charge >= 0.3 is 6.09 Å². The summed E-state index contributed by atoms with van der Waals surface area (Å²) in [7, 11) is 0. The fraction of sp³-hybridized carbons (Fsp3) is 0.375. The second-order valence-electron chi connectivity index (χ2n) is 8.89. The molecule has 3 heterocycles. The van der Waals surface area contributed by atoms with Crippen molar-refractivity contribution in [2.45, 2.75) is 45.4 Å². The van der Waals surface area contributed by atoms with Gasteiger partial charge in [0.15, 0.2) is 0 Å². The Kier molecular flexibility index (Phi) is 6.03. The van der Waals surface area contributed by atoms with Crippen molar-refractivity contribution >= 4 is 17.6 Å². The quantitative estimate of drug-likeness (QED) is 0.660. The van der Waals surface area contributed by atoms with E-state index in [9.17, 15) is 9.59 Å². The molecular formula is C24H28N4O4. The number of hydrogen-bond acceptors (Lipinski definition) is 5. The van der Waals surface area contributed by atoms with Crippen LogP contribution >= 0.6 is 0 Å². The number of nitrogens with zero attached hydrogens (tertiary/aromatic N) is 3. The van der Waals surface area contributed by atoms with Crippen molar-refractivity contribution in [2.24, 2.45) is 0 Å². The molecule has 0 radical (unpaired) electrons. The molecule has 2 aromatic heterocycles. The molecule has 0 saturated carbocycles. The van der Waals surface area contributed by atoms with Crippen LogP contribution in [0.5, 0.6) is 5.75 Å². The summed E-state index contributed by atoms with van der Waals surface area (Å²) in [5, 5.41) is 2.93. The number of pyridine rings is 1. The van der Waals surface area contributed by atoms with Crippen LogP contribution in [0.15, 0.2) is 55.0 Å². The van der Waals surface area contributed by atoms with Gasteiger partial charge in [0.25, 0.3) is 5.91 Å². The monoisotopic (exact) mass is 436 g/mol. The van der Waals surface area contributed by atoms with Gasteiger partial charge in [-0.2, -0.15) is 0 Å². The molecule has 1 aromatic carbocycles. The number of ether oxygens (including phenoxy) is 2. The van der Waals surface area contributed by atoms with Crippen LogP contribution in [-0.4, -0.2) is 51.1 Å². The molecule has 1 atom stereocenters. The molecule has 4 rings (SSSR count). The average Bonchev–Trinajstić information content (AvgIpc) is 3.40. The Bertz CT molecular complexity index is 1100. The van der Waals surface area contributed by atoms with E-state index in [0.29, 0.717) is 30.9 Å². The Morgan fingerprint density at radius 2 is 1.94 bits per heavy atom. The van der Waals surface area contributed by atoms with Crippen LogP contribution < -0.4 is 10.1 Å². The molecule has 1 fully saturated rings. The number of hydrogen-bond donors (Lipinski definition) is 1. The number of benzene rings is 1. The highest BCUT2D eigenvalue weighted by Gasteiger charge is 2.30. The molecule has 1 aliphatic rings. The summed E-state index contributed by atoms with van der Waals surface area (Å²) in [5.41, 5.74) is 1.86. The molecule has 8 heteroatoms. The lowest BCUT2D eigenvalue weighted by atomic mass is 10.2. The number of carbonyl (C=O) groups is 2. The number of amides is 2. The van der Waals surface area contributed by atoms with Crippen molar-refractivity contribution in [3.63, 3.8) is 0 Å². The molecule has 1 aliphatic heterocycles. The maximum atomic E-state index is 12.5. The number of likely N-dealkylation sites (tertiary alicyclic amines) is 1. The van der Waals surface area contributed by atoms with Crippen LogP contribution in [0.4, 0.5) is 4.79 Å². The molecule has 3 aromatic rings. The summed E-state index contributed by atoms with van der Waals surface area (Å²) in [5.74, 6) is 0.513. The second-order valence-corrected chi connectivity index (χ2v) is 8.89. The maximum Gasteiger partial charge on any atom is 0.410 e. The normalized spacial score (nSPS) is 16.2. The van der Waals surface area contributed by atoms with Gasteiger partial charge in [0.05, 0.1) is 6.54 Å². The topological polar surface area (TPSA) is 85.2 Å². The lowest BCUT2D eigenvalue weighted by Crippen LogP contribution is -2.36. The molecule has 32 heavy (non-hydrogen) atoms. The number of nitrogens with one attached hydrogen (secondary N) is 1. The van der Waals surface area contributed by atoms with Gasteiger partial charge in [-0.05, 0) is 62.7 Å². The zero-order valence-corrected chi connectivity index (χ0v) is 18.6. The van der Waals surface area contributed by atoms with E-state index in [1.165, 1.54) is 0 Å². The molecule has 168 valence electrons. The smallest absolute Gasteiger partial charge is 0.410 e. The van der Waals surface area contributed by atoms with Crippen molar-refractivity contribution in [2.75, 3.05) is 13.1 Å². The summed E-state index contributed by atoms with van der Waals surface area (Å²) >= 11 is 0. The van der Waals surface area contributed by atoms with Crippen molar-refractivity contribution in [3.05, 3.63) is 66.1 Å². The van der Waals surface area contributed by atoms with Gasteiger partial charge in [-0.1, -0.05) is 0 Å². The van der Waals surface area contributed by atoms with E-state index in [2.05, 4.69) is 10.3 Å². The van der Waals surface area contributed by atoms with Crippen LogP contribution in [0.2, 0.25) is 0 Å². The summed E-state index contributed by atoms with van der Waals surface area (Å²) < 4.78 is 13.3. The van der Waals surface area contributed by atoms with Gasteiger partial charge in [-0.15, -0.1) is 0 Å². The fourth-order valence-electron chi connectivity index (χ4n) is 3.54. The maximum absolute atomic E-state index is 12.5. The predicted molar refractivity (Wildman–Crippen MR) is 120 cm³/mol. The highest BCUT2D eigenvalue weighted by atomic mass is 16.6. The molecule has 0 spiro atoms. The van der Waals surface area contributed by atoms with Crippen LogP contribution in [-0.2, 0) is 11.3 Å². The fourth-order valence-corrected chi connectivity index (χ4v) is 3.54. The predicted octanol–water partition coefficient (Wildman–Crippen LogP) is 3.65. The first-order chi connectivity index (χ1) is 15.3. The molecule has 2 amide bonds. The molecule has 0 unspecified atom stereocenters.